The van der Waals surface area contributed by atoms with E-state index in [9.17, 15) is 55.5 Å². The van der Waals surface area contributed by atoms with E-state index < -0.39 is 79.8 Å². The van der Waals surface area contributed by atoms with Gasteiger partial charge in [-0.2, -0.15) is 0 Å². The maximum Gasteiger partial charge on any atom is 1.00 e. The number of phenolic OH excluding ortho intramolecular Hbond substituents is 3. The Hall–Kier alpha value is -2.84. The fourth-order valence-corrected chi connectivity index (χ4v) is 4.44. The summed E-state index contributed by atoms with van der Waals surface area (Å²) in [5, 5.41) is 100.0. The average Bonchev–Trinajstić information content (AvgIpc) is 2.95. The molecule has 0 aliphatic carbocycles. The zero-order chi connectivity index (χ0) is 32.7. The first-order valence-corrected chi connectivity index (χ1v) is 13.2. The van der Waals surface area contributed by atoms with Gasteiger partial charge in [0.2, 0.25) is 5.91 Å². The molecule has 1 amide bonds. The molecule has 2 aliphatic heterocycles. The molecule has 2 heterocycles. The van der Waals surface area contributed by atoms with Gasteiger partial charge in [-0.05, 0) is 35.4 Å². The van der Waals surface area contributed by atoms with E-state index in [4.69, 9.17) is 19.3 Å². The Kier molecular flexibility index (Phi) is 14.6. The van der Waals surface area contributed by atoms with Crippen LogP contribution in [0.4, 0.5) is 0 Å². The number of aliphatic hydroxyl groups is 6. The Balaban J connectivity index is 0.000000337. The molecule has 0 radical (unpaired) electrons. The normalized spacial score (nSPS) is 31.3. The third kappa shape index (κ3) is 10.3. The van der Waals surface area contributed by atoms with E-state index in [0.29, 0.717) is 5.56 Å². The van der Waals surface area contributed by atoms with Crippen molar-refractivity contribution in [1.82, 2.24) is 5.32 Å². The van der Waals surface area contributed by atoms with Crippen molar-refractivity contribution in [3.63, 3.8) is 0 Å². The number of ether oxygens (including phenoxy) is 3. The van der Waals surface area contributed by atoms with Crippen molar-refractivity contribution >= 4 is 24.0 Å². The summed E-state index contributed by atoms with van der Waals surface area (Å²) < 4.78 is 15.2. The first kappa shape index (κ1) is 38.3. The molecule has 16 nitrogen and oxygen atoms in total. The number of aliphatic hydroxyl groups excluding tert-OH is 6. The zero-order valence-corrected chi connectivity index (χ0v) is 26.2. The van der Waals surface area contributed by atoms with Crippen LogP contribution in [-0.4, -0.2) is 126 Å². The minimum Gasteiger partial charge on any atom is -0.547 e. The minimum atomic E-state index is -2.05. The molecule has 2 aliphatic rings. The van der Waals surface area contributed by atoms with Crippen LogP contribution in [0, 0.1) is 0 Å². The van der Waals surface area contributed by atoms with Crippen LogP contribution in [0.2, 0.25) is 0 Å². The van der Waals surface area contributed by atoms with Gasteiger partial charge in [0.15, 0.2) is 12.6 Å². The molecule has 0 saturated carbocycles. The molecule has 10 N–H and O–H groups in total. The first-order valence-electron chi connectivity index (χ1n) is 13.2. The van der Waals surface area contributed by atoms with Gasteiger partial charge in [-0.25, -0.2) is 0 Å². The van der Waals surface area contributed by atoms with Gasteiger partial charge in [-0.3, -0.25) is 4.79 Å². The molecule has 0 unspecified atom stereocenters. The van der Waals surface area contributed by atoms with Gasteiger partial charge < -0.3 is 75.4 Å². The summed E-state index contributed by atoms with van der Waals surface area (Å²) in [6.07, 6.45) is -12.5. The fraction of sp³-hybridized carbons (Fsp3) is 0.429. The topological polar surface area (TPSA) is 279 Å². The van der Waals surface area contributed by atoms with E-state index in [1.807, 2.05) is 6.08 Å². The van der Waals surface area contributed by atoms with Crippen LogP contribution in [0.5, 0.6) is 17.2 Å². The summed E-state index contributed by atoms with van der Waals surface area (Å²) in [5.41, 5.74) is 1.63. The van der Waals surface area contributed by atoms with Crippen LogP contribution in [0.1, 0.15) is 18.1 Å². The number of rotatable bonds is 7. The van der Waals surface area contributed by atoms with Crippen LogP contribution in [0.25, 0.3) is 12.2 Å². The van der Waals surface area contributed by atoms with Gasteiger partial charge in [0.25, 0.3) is 0 Å². The molecule has 0 bridgehead atoms. The molecule has 2 aromatic rings. The molecule has 17 heteroatoms. The smallest absolute Gasteiger partial charge is 0.547 e. The van der Waals surface area contributed by atoms with Crippen molar-refractivity contribution in [2.24, 2.45) is 0 Å². The molecule has 10 atom stereocenters. The van der Waals surface area contributed by atoms with Crippen molar-refractivity contribution in [1.29, 1.82) is 0 Å². The molecule has 0 aromatic heterocycles. The predicted octanol–water partition coefficient (Wildman–Crippen LogP) is -6.52. The second-order valence-electron chi connectivity index (χ2n) is 9.99. The van der Waals surface area contributed by atoms with Crippen molar-refractivity contribution < 1.29 is 104 Å². The summed E-state index contributed by atoms with van der Waals surface area (Å²) >= 11 is 0. The van der Waals surface area contributed by atoms with E-state index in [-0.39, 0.29) is 46.8 Å². The maximum absolute atomic E-state index is 11.3. The molecule has 4 rings (SSSR count). The Labute approximate surface area is 278 Å². The molecule has 2 fully saturated rings. The number of aliphatic carboxylic acids is 1. The number of phenols is 3. The van der Waals surface area contributed by atoms with Gasteiger partial charge in [0, 0.05) is 13.0 Å². The number of carboxylic acid groups (broad SMARTS) is 1. The van der Waals surface area contributed by atoms with Gasteiger partial charge in [0.1, 0.15) is 66.0 Å². The SMILES string of the molecule is CC(=O)N[C@@H]1[C@@H](O[C@@H]2O[C@H](C(=O)[O-])[C@@H](O)[C@H](O)[C@H]2O)[C@H](O)[C@@H](CO)O[C@H]1O.Oc1ccc(/C=C/c2cc(O)cc(O)c2)cc1.[Na+]. The van der Waals surface area contributed by atoms with Gasteiger partial charge in [-0.1, -0.05) is 24.3 Å². The summed E-state index contributed by atoms with van der Waals surface area (Å²) in [4.78, 5) is 22.4. The summed E-state index contributed by atoms with van der Waals surface area (Å²) in [6, 6.07) is 9.73. The third-order valence-electron chi connectivity index (χ3n) is 6.62. The summed E-state index contributed by atoms with van der Waals surface area (Å²) in [7, 11) is 0. The average molecular weight is 648 g/mol. The van der Waals surface area contributed by atoms with Crippen molar-refractivity contribution in [2.45, 2.75) is 68.3 Å². The molecule has 0 spiro atoms. The first-order chi connectivity index (χ1) is 20.7. The van der Waals surface area contributed by atoms with Crippen molar-refractivity contribution in [2.75, 3.05) is 6.61 Å². The Morgan fingerprint density at radius 1 is 0.844 bits per heavy atom. The van der Waals surface area contributed by atoms with Crippen LogP contribution in [0.15, 0.2) is 42.5 Å². The summed E-state index contributed by atoms with van der Waals surface area (Å²) in [6.45, 7) is 0.369. The number of nitrogens with one attached hydrogen (secondary N) is 1. The van der Waals surface area contributed by atoms with E-state index in [0.717, 1.165) is 12.5 Å². The number of benzene rings is 2. The Morgan fingerprint density at radius 3 is 1.96 bits per heavy atom. The van der Waals surface area contributed by atoms with Crippen LogP contribution in [-0.2, 0) is 23.8 Å². The largest absolute Gasteiger partial charge is 1.00 e. The number of hydrogen-bond acceptors (Lipinski definition) is 15. The molecule has 242 valence electrons. The molecular weight excluding hydrogens is 613 g/mol. The quantitative estimate of drug-likeness (QED) is 0.0988. The van der Waals surface area contributed by atoms with Crippen molar-refractivity contribution in [3.05, 3.63) is 53.6 Å². The molecular formula is C28H34NNaO15. The Bertz CT molecular complexity index is 1270. The monoisotopic (exact) mass is 647 g/mol. The van der Waals surface area contributed by atoms with Gasteiger partial charge in [-0.15, -0.1) is 0 Å². The van der Waals surface area contributed by atoms with Crippen LogP contribution < -0.4 is 40.0 Å². The standard InChI is InChI=1S/C14H23NO12.C14H12O3.Na/c1-3(17)15-5-10(6(18)4(2-16)25-13(5)24)26-14-9(21)7(19)8(20)11(27-14)12(22)23;15-12-5-3-10(4-6-12)1-2-11-7-13(16)9-14(17)8-11;/h4-11,13-14,16,18-21,24H,2H2,1H3,(H,15,17)(H,22,23);1-9,15-17H;/q;;+1/p-1/b;2-1+;/t4-,5-,6-,7+,8+,9-,10-,11+,13-,14-;;/m1../s1. The minimum absolute atomic E-state index is 0. The fourth-order valence-electron chi connectivity index (χ4n) is 4.44. The van der Waals surface area contributed by atoms with Crippen LogP contribution in [0.3, 0.4) is 0 Å². The Morgan fingerprint density at radius 2 is 1.42 bits per heavy atom. The van der Waals surface area contributed by atoms with E-state index in [1.165, 1.54) is 6.07 Å². The van der Waals surface area contributed by atoms with Crippen LogP contribution >= 0.6 is 0 Å². The van der Waals surface area contributed by atoms with Gasteiger partial charge in [0.05, 0.1) is 12.6 Å². The van der Waals surface area contributed by atoms with E-state index in [1.54, 1.807) is 42.5 Å². The number of carboxylic acids is 1. The second kappa shape index (κ2) is 17.2. The second-order valence-corrected chi connectivity index (χ2v) is 9.99. The molecule has 45 heavy (non-hydrogen) atoms. The number of aromatic hydroxyl groups is 3. The molecule has 2 aromatic carbocycles. The maximum atomic E-state index is 11.3. The van der Waals surface area contributed by atoms with E-state index in [2.05, 4.69) is 5.32 Å². The van der Waals surface area contributed by atoms with E-state index >= 15 is 0 Å². The summed E-state index contributed by atoms with van der Waals surface area (Å²) in [5.74, 6) is -2.26. The molecule has 2 saturated heterocycles. The third-order valence-corrected chi connectivity index (χ3v) is 6.62. The zero-order valence-electron chi connectivity index (χ0n) is 24.2. The predicted molar refractivity (Wildman–Crippen MR) is 145 cm³/mol. The number of carbonyl (C=O) groups is 2. The van der Waals surface area contributed by atoms with Crippen molar-refractivity contribution in [3.8, 4) is 17.2 Å². The number of hydrogen-bond donors (Lipinski definition) is 10. The number of carbonyl (C=O) groups excluding carboxylic acids is 2. The van der Waals surface area contributed by atoms with Gasteiger partial charge >= 0.3 is 29.6 Å². The number of amides is 1.